The SMILES string of the molecule is C/C(Nc1ccc2c(c1)OCO2)=C(\C#N)C(N)=O. The molecule has 3 N–H and O–H groups in total. The third-order valence-corrected chi connectivity index (χ3v) is 2.44. The van der Waals surface area contributed by atoms with Crippen molar-refractivity contribution in [3.05, 3.63) is 29.5 Å². The van der Waals surface area contributed by atoms with Crippen molar-refractivity contribution in [1.82, 2.24) is 0 Å². The number of nitrogens with zero attached hydrogens (tertiary/aromatic N) is 1. The largest absolute Gasteiger partial charge is 0.454 e. The number of carbonyl (C=O) groups excluding carboxylic acids is 1. The lowest BCUT2D eigenvalue weighted by molar-refractivity contribution is -0.114. The highest BCUT2D eigenvalue weighted by Crippen LogP contribution is 2.34. The number of amides is 1. The van der Waals surface area contributed by atoms with E-state index in [1.807, 2.05) is 0 Å². The number of nitriles is 1. The maximum atomic E-state index is 11.0. The number of carbonyl (C=O) groups is 1. The Kier molecular flexibility index (Phi) is 3.06. The van der Waals surface area contributed by atoms with Crippen LogP contribution in [0.2, 0.25) is 0 Å². The Bertz CT molecular complexity index is 572. The van der Waals surface area contributed by atoms with Gasteiger partial charge >= 0.3 is 0 Å². The summed E-state index contributed by atoms with van der Waals surface area (Å²) in [5.41, 5.74) is 6.06. The highest BCUT2D eigenvalue weighted by atomic mass is 16.7. The Morgan fingerprint density at radius 3 is 2.83 bits per heavy atom. The molecule has 1 aliphatic rings. The van der Waals surface area contributed by atoms with Gasteiger partial charge in [0.15, 0.2) is 11.5 Å². The number of hydrogen-bond acceptors (Lipinski definition) is 5. The number of nitrogens with one attached hydrogen (secondary N) is 1. The highest BCUT2D eigenvalue weighted by Gasteiger charge is 2.14. The zero-order valence-electron chi connectivity index (χ0n) is 9.69. The van der Waals surface area contributed by atoms with Crippen LogP contribution < -0.4 is 20.5 Å². The van der Waals surface area contributed by atoms with E-state index in [1.54, 1.807) is 31.2 Å². The van der Waals surface area contributed by atoms with Crippen LogP contribution in [0.15, 0.2) is 29.5 Å². The van der Waals surface area contributed by atoms with Crippen molar-refractivity contribution in [1.29, 1.82) is 5.26 Å². The average molecular weight is 245 g/mol. The van der Waals surface area contributed by atoms with E-state index in [9.17, 15) is 4.79 Å². The van der Waals surface area contributed by atoms with E-state index in [0.29, 0.717) is 22.9 Å². The first-order valence-corrected chi connectivity index (χ1v) is 5.19. The monoisotopic (exact) mass is 245 g/mol. The number of anilines is 1. The summed E-state index contributed by atoms with van der Waals surface area (Å²) in [4.78, 5) is 11.0. The lowest BCUT2D eigenvalue weighted by atomic mass is 10.2. The molecule has 6 heteroatoms. The maximum Gasteiger partial charge on any atom is 0.261 e. The summed E-state index contributed by atoms with van der Waals surface area (Å²) in [7, 11) is 0. The van der Waals surface area contributed by atoms with Crippen LogP contribution >= 0.6 is 0 Å². The minimum Gasteiger partial charge on any atom is -0.454 e. The number of fused-ring (bicyclic) bond motifs is 1. The summed E-state index contributed by atoms with van der Waals surface area (Å²) < 4.78 is 10.4. The van der Waals surface area contributed by atoms with Crippen molar-refractivity contribution in [2.75, 3.05) is 12.1 Å². The first-order chi connectivity index (χ1) is 8.61. The first kappa shape index (κ1) is 11.8. The fourth-order valence-corrected chi connectivity index (χ4v) is 1.58. The third kappa shape index (κ3) is 2.20. The molecule has 0 saturated carbocycles. The molecule has 0 spiro atoms. The van der Waals surface area contributed by atoms with Gasteiger partial charge in [-0.15, -0.1) is 0 Å². The molecular weight excluding hydrogens is 234 g/mol. The average Bonchev–Trinajstić information content (AvgIpc) is 2.76. The van der Waals surface area contributed by atoms with Crippen molar-refractivity contribution in [3.8, 4) is 17.6 Å². The van der Waals surface area contributed by atoms with E-state index >= 15 is 0 Å². The van der Waals surface area contributed by atoms with Crippen molar-refractivity contribution in [2.45, 2.75) is 6.92 Å². The molecule has 18 heavy (non-hydrogen) atoms. The Hall–Kier alpha value is -2.68. The highest BCUT2D eigenvalue weighted by molar-refractivity contribution is 5.97. The number of ether oxygens (including phenoxy) is 2. The molecule has 92 valence electrons. The number of hydrogen-bond donors (Lipinski definition) is 2. The van der Waals surface area contributed by atoms with Gasteiger partial charge in [0.05, 0.1) is 0 Å². The van der Waals surface area contributed by atoms with E-state index < -0.39 is 5.91 Å². The molecule has 0 aromatic heterocycles. The molecule has 1 heterocycles. The van der Waals surface area contributed by atoms with Gasteiger partial charge in [0.25, 0.3) is 5.91 Å². The molecule has 1 aromatic rings. The minimum atomic E-state index is -0.761. The molecule has 1 aromatic carbocycles. The van der Waals surface area contributed by atoms with Crippen LogP contribution in [0.4, 0.5) is 5.69 Å². The molecule has 0 atom stereocenters. The fraction of sp³-hybridized carbons (Fsp3) is 0.167. The number of rotatable bonds is 3. The molecule has 0 saturated heterocycles. The van der Waals surface area contributed by atoms with Crippen LogP contribution in [0.1, 0.15) is 6.92 Å². The van der Waals surface area contributed by atoms with Crippen LogP contribution in [0, 0.1) is 11.3 Å². The van der Waals surface area contributed by atoms with Gasteiger partial charge in [-0.1, -0.05) is 0 Å². The lowest BCUT2D eigenvalue weighted by Crippen LogP contribution is -2.16. The fourth-order valence-electron chi connectivity index (χ4n) is 1.58. The number of primary amides is 1. The molecule has 1 aliphatic heterocycles. The molecule has 0 unspecified atom stereocenters. The van der Waals surface area contributed by atoms with Crippen LogP contribution in [0.25, 0.3) is 0 Å². The zero-order chi connectivity index (χ0) is 13.1. The van der Waals surface area contributed by atoms with Crippen molar-refractivity contribution in [3.63, 3.8) is 0 Å². The van der Waals surface area contributed by atoms with Gasteiger partial charge in [-0.25, -0.2) is 0 Å². The smallest absolute Gasteiger partial charge is 0.261 e. The molecule has 1 amide bonds. The molecule has 0 aliphatic carbocycles. The predicted octanol–water partition coefficient (Wildman–Crippen LogP) is 1.11. The molecule has 0 radical (unpaired) electrons. The van der Waals surface area contributed by atoms with Crippen LogP contribution in [0.3, 0.4) is 0 Å². The van der Waals surface area contributed by atoms with E-state index in [0.717, 1.165) is 0 Å². The quantitative estimate of drug-likeness (QED) is 0.614. The van der Waals surface area contributed by atoms with E-state index in [1.165, 1.54) is 0 Å². The third-order valence-electron chi connectivity index (χ3n) is 2.44. The molecule has 0 bridgehead atoms. The lowest BCUT2D eigenvalue weighted by Gasteiger charge is -2.08. The number of nitrogens with two attached hydrogens (primary N) is 1. The molecular formula is C12H11N3O3. The normalized spacial score (nSPS) is 13.6. The maximum absolute atomic E-state index is 11.0. The van der Waals surface area contributed by atoms with Gasteiger partial charge in [0.1, 0.15) is 11.6 Å². The van der Waals surface area contributed by atoms with E-state index in [4.69, 9.17) is 20.5 Å². The first-order valence-electron chi connectivity index (χ1n) is 5.19. The van der Waals surface area contributed by atoms with Gasteiger partial charge < -0.3 is 20.5 Å². The summed E-state index contributed by atoms with van der Waals surface area (Å²) in [5.74, 6) is 0.520. The summed E-state index contributed by atoms with van der Waals surface area (Å²) >= 11 is 0. The number of allylic oxidation sites excluding steroid dienone is 1. The predicted molar refractivity (Wildman–Crippen MR) is 63.7 cm³/mol. The Morgan fingerprint density at radius 1 is 1.44 bits per heavy atom. The molecule has 6 nitrogen and oxygen atoms in total. The second kappa shape index (κ2) is 4.67. The minimum absolute atomic E-state index is 0.104. The van der Waals surface area contributed by atoms with Gasteiger partial charge in [0, 0.05) is 17.5 Å². The van der Waals surface area contributed by atoms with Crippen molar-refractivity contribution < 1.29 is 14.3 Å². The Labute approximate surface area is 104 Å². The van der Waals surface area contributed by atoms with Crippen LogP contribution in [-0.4, -0.2) is 12.7 Å². The van der Waals surface area contributed by atoms with Gasteiger partial charge in [-0.05, 0) is 19.1 Å². The van der Waals surface area contributed by atoms with Crippen LogP contribution in [-0.2, 0) is 4.79 Å². The van der Waals surface area contributed by atoms with Crippen molar-refractivity contribution >= 4 is 11.6 Å². The Morgan fingerprint density at radius 2 is 2.17 bits per heavy atom. The van der Waals surface area contributed by atoms with Gasteiger partial charge in [-0.2, -0.15) is 5.26 Å². The Balaban J connectivity index is 2.25. The molecule has 0 fully saturated rings. The molecule has 2 rings (SSSR count). The van der Waals surface area contributed by atoms with E-state index in [-0.39, 0.29) is 12.4 Å². The van der Waals surface area contributed by atoms with Gasteiger partial charge in [-0.3, -0.25) is 4.79 Å². The standard InChI is InChI=1S/C12H11N3O3/c1-7(9(5-13)12(14)16)15-8-2-3-10-11(4-8)18-6-17-10/h2-4,15H,6H2,1H3,(H2,14,16)/b9-7-. The second-order valence-electron chi connectivity index (χ2n) is 3.67. The zero-order valence-corrected chi connectivity index (χ0v) is 9.69. The second-order valence-corrected chi connectivity index (χ2v) is 3.67. The number of benzene rings is 1. The van der Waals surface area contributed by atoms with Gasteiger partial charge in [0.2, 0.25) is 6.79 Å². The van der Waals surface area contributed by atoms with Crippen LogP contribution in [0.5, 0.6) is 11.5 Å². The summed E-state index contributed by atoms with van der Waals surface area (Å²) in [6.45, 7) is 1.80. The van der Waals surface area contributed by atoms with E-state index in [2.05, 4.69) is 5.32 Å². The summed E-state index contributed by atoms with van der Waals surface area (Å²) in [6.07, 6.45) is 0. The summed E-state index contributed by atoms with van der Waals surface area (Å²) in [5, 5.41) is 11.7. The topological polar surface area (TPSA) is 97.4 Å². The summed E-state index contributed by atoms with van der Waals surface area (Å²) in [6, 6.07) is 6.99. The van der Waals surface area contributed by atoms with Crippen molar-refractivity contribution in [2.24, 2.45) is 5.73 Å².